The number of hydrogen-bond acceptors (Lipinski definition) is 3. The molecule has 0 saturated carbocycles. The first-order valence-electron chi connectivity index (χ1n) is 4.89. The minimum absolute atomic E-state index is 0.437. The fraction of sp³-hybridized carbons (Fsp3) is 0.0833. The van der Waals surface area contributed by atoms with Gasteiger partial charge in [-0.15, -0.1) is 0 Å². The highest BCUT2D eigenvalue weighted by molar-refractivity contribution is 6.29. The number of hydrogen-bond donors (Lipinski definition) is 1. The average molecular weight is 234 g/mol. The molecule has 16 heavy (non-hydrogen) atoms. The van der Waals surface area contributed by atoms with Crippen LogP contribution in [-0.2, 0) is 0 Å². The lowest BCUT2D eigenvalue weighted by atomic mass is 10.3. The van der Waals surface area contributed by atoms with Crippen LogP contribution in [0.5, 0.6) is 0 Å². The lowest BCUT2D eigenvalue weighted by Gasteiger charge is -2.19. The molecule has 4 heteroatoms. The molecular weight excluding hydrogens is 222 g/mol. The highest BCUT2D eigenvalue weighted by atomic mass is 35.5. The van der Waals surface area contributed by atoms with E-state index >= 15 is 0 Å². The summed E-state index contributed by atoms with van der Waals surface area (Å²) in [5, 5.41) is 0.437. The molecule has 1 aromatic heterocycles. The van der Waals surface area contributed by atoms with Gasteiger partial charge in [-0.1, -0.05) is 29.8 Å². The average Bonchev–Trinajstić information content (AvgIpc) is 2.32. The standard InChI is InChI=1S/C12H12ClN3/c1-16(9-5-3-2-4-6-9)12-10(14)7-8-11(13)15-12/h2-8H,14H2,1H3. The molecule has 1 aromatic carbocycles. The molecule has 0 atom stereocenters. The maximum atomic E-state index is 5.86. The van der Waals surface area contributed by atoms with E-state index in [1.807, 2.05) is 42.3 Å². The number of para-hydroxylation sites is 1. The smallest absolute Gasteiger partial charge is 0.157 e. The van der Waals surface area contributed by atoms with Crippen molar-refractivity contribution in [2.45, 2.75) is 0 Å². The number of halogens is 1. The molecular formula is C12H12ClN3. The zero-order chi connectivity index (χ0) is 11.5. The zero-order valence-corrected chi connectivity index (χ0v) is 9.65. The molecule has 3 nitrogen and oxygen atoms in total. The van der Waals surface area contributed by atoms with E-state index in [1.54, 1.807) is 12.1 Å². The van der Waals surface area contributed by atoms with E-state index in [0.717, 1.165) is 5.69 Å². The van der Waals surface area contributed by atoms with E-state index in [0.29, 0.717) is 16.7 Å². The van der Waals surface area contributed by atoms with E-state index in [1.165, 1.54) is 0 Å². The first-order valence-corrected chi connectivity index (χ1v) is 5.27. The van der Waals surface area contributed by atoms with Crippen LogP contribution in [0, 0.1) is 0 Å². The number of nitrogen functional groups attached to an aromatic ring is 1. The van der Waals surface area contributed by atoms with Crippen LogP contribution in [0.3, 0.4) is 0 Å². The topological polar surface area (TPSA) is 42.2 Å². The molecule has 2 rings (SSSR count). The lowest BCUT2D eigenvalue weighted by molar-refractivity contribution is 1.13. The number of rotatable bonds is 2. The molecule has 0 spiro atoms. The van der Waals surface area contributed by atoms with Gasteiger partial charge in [-0.3, -0.25) is 0 Å². The molecule has 2 aromatic rings. The van der Waals surface area contributed by atoms with Crippen LogP contribution in [-0.4, -0.2) is 12.0 Å². The van der Waals surface area contributed by atoms with Crippen LogP contribution < -0.4 is 10.6 Å². The summed E-state index contributed by atoms with van der Waals surface area (Å²) < 4.78 is 0. The third kappa shape index (κ3) is 2.09. The predicted molar refractivity (Wildman–Crippen MR) is 68.2 cm³/mol. The predicted octanol–water partition coefficient (Wildman–Crippen LogP) is 3.09. The Labute approximate surface area is 99.5 Å². The number of aromatic nitrogens is 1. The molecule has 0 aliphatic rings. The molecule has 0 aliphatic heterocycles. The molecule has 0 amide bonds. The van der Waals surface area contributed by atoms with Crippen molar-refractivity contribution < 1.29 is 0 Å². The van der Waals surface area contributed by atoms with Gasteiger partial charge < -0.3 is 10.6 Å². The lowest BCUT2D eigenvalue weighted by Crippen LogP contribution is -2.13. The van der Waals surface area contributed by atoms with E-state index in [9.17, 15) is 0 Å². The summed E-state index contributed by atoms with van der Waals surface area (Å²) >= 11 is 5.86. The minimum atomic E-state index is 0.437. The number of anilines is 3. The normalized spacial score (nSPS) is 10.1. The van der Waals surface area contributed by atoms with Gasteiger partial charge in [0.05, 0.1) is 5.69 Å². The Morgan fingerprint density at radius 1 is 1.12 bits per heavy atom. The maximum absolute atomic E-state index is 5.86. The van der Waals surface area contributed by atoms with Crippen LogP contribution in [0.2, 0.25) is 5.15 Å². The van der Waals surface area contributed by atoms with Crippen molar-refractivity contribution in [3.8, 4) is 0 Å². The van der Waals surface area contributed by atoms with Crippen LogP contribution >= 0.6 is 11.6 Å². The summed E-state index contributed by atoms with van der Waals surface area (Å²) in [6.45, 7) is 0. The van der Waals surface area contributed by atoms with Gasteiger partial charge in [0, 0.05) is 12.7 Å². The van der Waals surface area contributed by atoms with Crippen LogP contribution in [0.1, 0.15) is 0 Å². The second-order valence-corrected chi connectivity index (χ2v) is 3.83. The largest absolute Gasteiger partial charge is 0.396 e. The summed E-state index contributed by atoms with van der Waals surface area (Å²) in [6.07, 6.45) is 0. The Bertz CT molecular complexity index is 485. The molecule has 2 N–H and O–H groups in total. The SMILES string of the molecule is CN(c1ccccc1)c1nc(Cl)ccc1N. The first-order chi connectivity index (χ1) is 7.68. The van der Waals surface area contributed by atoms with Gasteiger partial charge in [-0.2, -0.15) is 0 Å². The number of pyridine rings is 1. The third-order valence-electron chi connectivity index (χ3n) is 2.33. The Balaban J connectivity index is 2.41. The van der Waals surface area contributed by atoms with Crippen LogP contribution in [0.15, 0.2) is 42.5 Å². The number of nitrogens with two attached hydrogens (primary N) is 1. The highest BCUT2D eigenvalue weighted by Gasteiger charge is 2.09. The van der Waals surface area contributed by atoms with Crippen LogP contribution in [0.4, 0.5) is 17.2 Å². The monoisotopic (exact) mass is 233 g/mol. The van der Waals surface area contributed by atoms with Gasteiger partial charge in [0.15, 0.2) is 5.82 Å². The third-order valence-corrected chi connectivity index (χ3v) is 2.54. The van der Waals surface area contributed by atoms with E-state index < -0.39 is 0 Å². The molecule has 0 radical (unpaired) electrons. The van der Waals surface area contributed by atoms with Crippen molar-refractivity contribution in [3.63, 3.8) is 0 Å². The molecule has 82 valence electrons. The van der Waals surface area contributed by atoms with Gasteiger partial charge in [-0.05, 0) is 24.3 Å². The van der Waals surface area contributed by atoms with Crippen molar-refractivity contribution in [1.82, 2.24) is 4.98 Å². The van der Waals surface area contributed by atoms with Crippen molar-refractivity contribution in [2.24, 2.45) is 0 Å². The van der Waals surface area contributed by atoms with Gasteiger partial charge in [0.25, 0.3) is 0 Å². The van der Waals surface area contributed by atoms with Gasteiger partial charge in [-0.25, -0.2) is 4.98 Å². The van der Waals surface area contributed by atoms with Crippen molar-refractivity contribution in [2.75, 3.05) is 17.7 Å². The molecule has 0 bridgehead atoms. The van der Waals surface area contributed by atoms with Crippen molar-refractivity contribution in [3.05, 3.63) is 47.6 Å². The Hall–Kier alpha value is -1.74. The summed E-state index contributed by atoms with van der Waals surface area (Å²) in [4.78, 5) is 6.12. The summed E-state index contributed by atoms with van der Waals surface area (Å²) in [5.74, 6) is 0.665. The van der Waals surface area contributed by atoms with E-state index in [4.69, 9.17) is 17.3 Å². The second-order valence-electron chi connectivity index (χ2n) is 3.44. The number of nitrogens with zero attached hydrogens (tertiary/aromatic N) is 2. The Morgan fingerprint density at radius 3 is 2.50 bits per heavy atom. The van der Waals surface area contributed by atoms with E-state index in [-0.39, 0.29) is 0 Å². The number of benzene rings is 1. The van der Waals surface area contributed by atoms with Crippen molar-refractivity contribution in [1.29, 1.82) is 0 Å². The molecule has 0 saturated heterocycles. The molecule has 0 unspecified atom stereocenters. The van der Waals surface area contributed by atoms with Crippen LogP contribution in [0.25, 0.3) is 0 Å². The van der Waals surface area contributed by atoms with Gasteiger partial charge in [0.1, 0.15) is 5.15 Å². The summed E-state index contributed by atoms with van der Waals surface area (Å²) in [7, 11) is 1.91. The molecule has 0 fully saturated rings. The summed E-state index contributed by atoms with van der Waals surface area (Å²) in [5.41, 5.74) is 7.49. The quantitative estimate of drug-likeness (QED) is 0.811. The maximum Gasteiger partial charge on any atom is 0.157 e. The van der Waals surface area contributed by atoms with Gasteiger partial charge >= 0.3 is 0 Å². The fourth-order valence-electron chi connectivity index (χ4n) is 1.48. The second kappa shape index (κ2) is 4.41. The Kier molecular flexibility index (Phi) is 2.97. The van der Waals surface area contributed by atoms with Gasteiger partial charge in [0.2, 0.25) is 0 Å². The summed E-state index contributed by atoms with van der Waals surface area (Å²) in [6, 6.07) is 13.3. The molecule has 1 heterocycles. The first kappa shape index (κ1) is 10.8. The zero-order valence-electron chi connectivity index (χ0n) is 8.89. The van der Waals surface area contributed by atoms with Crippen molar-refractivity contribution >= 4 is 28.8 Å². The Morgan fingerprint density at radius 2 is 1.81 bits per heavy atom. The highest BCUT2D eigenvalue weighted by Crippen LogP contribution is 2.27. The fourth-order valence-corrected chi connectivity index (χ4v) is 1.62. The minimum Gasteiger partial charge on any atom is -0.396 e. The molecule has 0 aliphatic carbocycles. The van der Waals surface area contributed by atoms with E-state index in [2.05, 4.69) is 4.98 Å².